The Morgan fingerprint density at radius 1 is 1.59 bits per heavy atom. The lowest BCUT2D eigenvalue weighted by atomic mass is 10.1. The molecule has 1 atom stereocenters. The van der Waals surface area contributed by atoms with Crippen LogP contribution in [0.1, 0.15) is 28.7 Å². The fourth-order valence-electron chi connectivity index (χ4n) is 1.35. The molecule has 0 aliphatic heterocycles. The largest absolute Gasteiger partial charge is 0.481 e. The molecule has 7 heteroatoms. The highest BCUT2D eigenvalue weighted by molar-refractivity contribution is 7.17. The maximum atomic E-state index is 11.7. The molecule has 0 aromatic carbocycles. The van der Waals surface area contributed by atoms with E-state index in [2.05, 4.69) is 10.3 Å². The van der Waals surface area contributed by atoms with Crippen molar-refractivity contribution in [2.75, 3.05) is 12.3 Å². The molecule has 1 heterocycles. The number of rotatable bonds is 5. The molecule has 6 nitrogen and oxygen atoms in total. The van der Waals surface area contributed by atoms with Crippen LogP contribution in [0.4, 0.5) is 5.13 Å². The quantitative estimate of drug-likeness (QED) is 0.726. The number of carboxylic acids is 1. The van der Waals surface area contributed by atoms with E-state index < -0.39 is 5.97 Å². The molecule has 0 saturated heterocycles. The molecule has 4 N–H and O–H groups in total. The number of thiazole rings is 1. The van der Waals surface area contributed by atoms with Gasteiger partial charge < -0.3 is 16.2 Å². The van der Waals surface area contributed by atoms with Crippen LogP contribution in [0, 0.1) is 12.8 Å². The molecule has 0 aliphatic rings. The van der Waals surface area contributed by atoms with Crippen molar-refractivity contribution >= 4 is 28.3 Å². The van der Waals surface area contributed by atoms with Crippen molar-refractivity contribution in [2.24, 2.45) is 5.92 Å². The minimum Gasteiger partial charge on any atom is -0.481 e. The summed E-state index contributed by atoms with van der Waals surface area (Å²) < 4.78 is 0. The summed E-state index contributed by atoms with van der Waals surface area (Å²) in [6.07, 6.45) is 0.0318. The van der Waals surface area contributed by atoms with Crippen LogP contribution in [-0.4, -0.2) is 28.5 Å². The van der Waals surface area contributed by atoms with Crippen molar-refractivity contribution in [1.82, 2.24) is 10.3 Å². The second-order valence-electron chi connectivity index (χ2n) is 3.88. The van der Waals surface area contributed by atoms with Gasteiger partial charge in [0.05, 0.1) is 5.69 Å². The van der Waals surface area contributed by atoms with Crippen LogP contribution < -0.4 is 11.1 Å². The number of aryl methyl sites for hydroxylation is 1. The van der Waals surface area contributed by atoms with E-state index in [1.54, 1.807) is 13.8 Å². The smallest absolute Gasteiger partial charge is 0.303 e. The summed E-state index contributed by atoms with van der Waals surface area (Å²) in [5, 5.41) is 11.6. The predicted molar refractivity (Wildman–Crippen MR) is 65.0 cm³/mol. The van der Waals surface area contributed by atoms with Crippen LogP contribution in [0.15, 0.2) is 0 Å². The predicted octanol–water partition coefficient (Wildman–Crippen LogP) is 0.874. The van der Waals surface area contributed by atoms with Crippen molar-refractivity contribution in [3.05, 3.63) is 10.6 Å². The van der Waals surface area contributed by atoms with Crippen LogP contribution in [0.3, 0.4) is 0 Å². The van der Waals surface area contributed by atoms with Crippen LogP contribution >= 0.6 is 11.3 Å². The Morgan fingerprint density at radius 2 is 2.24 bits per heavy atom. The Hall–Kier alpha value is -1.63. The third-order valence-electron chi connectivity index (χ3n) is 2.15. The van der Waals surface area contributed by atoms with Gasteiger partial charge in [0.2, 0.25) is 0 Å². The van der Waals surface area contributed by atoms with Gasteiger partial charge >= 0.3 is 5.97 Å². The number of carboxylic acid groups (broad SMARTS) is 1. The summed E-state index contributed by atoms with van der Waals surface area (Å²) in [4.78, 5) is 26.6. The van der Waals surface area contributed by atoms with Crippen molar-refractivity contribution in [3.8, 4) is 0 Å². The number of nitrogens with zero attached hydrogens (tertiary/aromatic N) is 1. The van der Waals surface area contributed by atoms with E-state index in [-0.39, 0.29) is 18.2 Å². The number of carbonyl (C=O) groups is 2. The molecule has 0 bridgehead atoms. The molecule has 0 spiro atoms. The number of nitrogens with two attached hydrogens (primary N) is 1. The van der Waals surface area contributed by atoms with E-state index in [1.165, 1.54) is 0 Å². The van der Waals surface area contributed by atoms with Gasteiger partial charge in [-0.25, -0.2) is 4.98 Å². The molecule has 0 fully saturated rings. The van der Waals surface area contributed by atoms with Gasteiger partial charge in [0, 0.05) is 13.0 Å². The van der Waals surface area contributed by atoms with Gasteiger partial charge in [-0.15, -0.1) is 0 Å². The first-order chi connectivity index (χ1) is 7.90. The van der Waals surface area contributed by atoms with E-state index in [0.717, 1.165) is 11.3 Å². The normalized spacial score (nSPS) is 12.1. The fourth-order valence-corrected chi connectivity index (χ4v) is 2.10. The lowest BCUT2D eigenvalue weighted by Crippen LogP contribution is -2.29. The Balaban J connectivity index is 2.50. The zero-order valence-electron chi connectivity index (χ0n) is 9.69. The number of aromatic nitrogens is 1. The lowest BCUT2D eigenvalue weighted by Gasteiger charge is -2.09. The van der Waals surface area contributed by atoms with Gasteiger partial charge in [-0.2, -0.15) is 0 Å². The number of nitrogens with one attached hydrogen (secondary N) is 1. The number of nitrogen functional groups attached to an aromatic ring is 1. The summed E-state index contributed by atoms with van der Waals surface area (Å²) in [5.74, 6) is -1.24. The molecule has 0 saturated carbocycles. The van der Waals surface area contributed by atoms with Gasteiger partial charge in [-0.3, -0.25) is 9.59 Å². The second kappa shape index (κ2) is 5.62. The number of amides is 1. The number of anilines is 1. The van der Waals surface area contributed by atoms with E-state index in [1.807, 2.05) is 0 Å². The topological polar surface area (TPSA) is 105 Å². The summed E-state index contributed by atoms with van der Waals surface area (Å²) in [6, 6.07) is 0. The van der Waals surface area contributed by atoms with Gasteiger partial charge in [0.15, 0.2) is 5.13 Å². The standard InChI is InChI=1S/C10H15N3O3S/c1-5(3-7(14)15)4-12-9(16)8-6(2)13-10(11)17-8/h5H,3-4H2,1-2H3,(H2,11,13)(H,12,16)(H,14,15). The van der Waals surface area contributed by atoms with Gasteiger partial charge in [-0.1, -0.05) is 18.3 Å². The summed E-state index contributed by atoms with van der Waals surface area (Å²) in [5.41, 5.74) is 6.08. The van der Waals surface area contributed by atoms with E-state index in [4.69, 9.17) is 10.8 Å². The number of hydrogen-bond acceptors (Lipinski definition) is 5. The van der Waals surface area contributed by atoms with Crippen LogP contribution in [0.25, 0.3) is 0 Å². The van der Waals surface area contributed by atoms with E-state index in [0.29, 0.717) is 22.2 Å². The van der Waals surface area contributed by atoms with Crippen LogP contribution in [0.2, 0.25) is 0 Å². The highest BCUT2D eigenvalue weighted by Crippen LogP contribution is 2.19. The molecular formula is C10H15N3O3S. The monoisotopic (exact) mass is 257 g/mol. The molecule has 1 aromatic rings. The molecule has 1 unspecified atom stereocenters. The molecule has 94 valence electrons. The van der Waals surface area contributed by atoms with Crippen LogP contribution in [0.5, 0.6) is 0 Å². The fraction of sp³-hybridized carbons (Fsp3) is 0.500. The first-order valence-electron chi connectivity index (χ1n) is 5.13. The van der Waals surface area contributed by atoms with E-state index in [9.17, 15) is 9.59 Å². The first kappa shape index (κ1) is 13.4. The molecular weight excluding hydrogens is 242 g/mol. The number of hydrogen-bond donors (Lipinski definition) is 3. The van der Waals surface area contributed by atoms with Crippen molar-refractivity contribution in [1.29, 1.82) is 0 Å². The minimum atomic E-state index is -0.870. The minimum absolute atomic E-state index is 0.0318. The SMILES string of the molecule is Cc1nc(N)sc1C(=O)NCC(C)CC(=O)O. The maximum Gasteiger partial charge on any atom is 0.303 e. The van der Waals surface area contributed by atoms with Crippen molar-refractivity contribution < 1.29 is 14.7 Å². The third kappa shape index (κ3) is 4.03. The van der Waals surface area contributed by atoms with Crippen molar-refractivity contribution in [3.63, 3.8) is 0 Å². The second-order valence-corrected chi connectivity index (χ2v) is 4.91. The average molecular weight is 257 g/mol. The lowest BCUT2D eigenvalue weighted by molar-refractivity contribution is -0.137. The van der Waals surface area contributed by atoms with Gasteiger partial charge in [0.1, 0.15) is 4.88 Å². The zero-order chi connectivity index (χ0) is 13.0. The molecule has 0 aliphatic carbocycles. The highest BCUT2D eigenvalue weighted by Gasteiger charge is 2.15. The first-order valence-corrected chi connectivity index (χ1v) is 5.94. The third-order valence-corrected chi connectivity index (χ3v) is 3.14. The van der Waals surface area contributed by atoms with Crippen molar-refractivity contribution in [2.45, 2.75) is 20.3 Å². The molecule has 0 radical (unpaired) electrons. The average Bonchev–Trinajstić information content (AvgIpc) is 2.53. The highest BCUT2D eigenvalue weighted by atomic mass is 32.1. The maximum absolute atomic E-state index is 11.7. The number of aliphatic carboxylic acids is 1. The summed E-state index contributed by atoms with van der Waals surface area (Å²) in [6.45, 7) is 3.80. The summed E-state index contributed by atoms with van der Waals surface area (Å²) in [7, 11) is 0. The summed E-state index contributed by atoms with van der Waals surface area (Å²) >= 11 is 1.13. The van der Waals surface area contributed by atoms with Gasteiger partial charge in [-0.05, 0) is 12.8 Å². The Morgan fingerprint density at radius 3 is 2.71 bits per heavy atom. The number of carbonyl (C=O) groups excluding carboxylic acids is 1. The molecule has 17 heavy (non-hydrogen) atoms. The Bertz CT molecular complexity index is 430. The van der Waals surface area contributed by atoms with Crippen LogP contribution in [-0.2, 0) is 4.79 Å². The Labute approximate surface area is 103 Å². The molecule has 1 amide bonds. The van der Waals surface area contributed by atoms with E-state index >= 15 is 0 Å². The van der Waals surface area contributed by atoms with Gasteiger partial charge in [0.25, 0.3) is 5.91 Å². The molecule has 1 rings (SSSR count). The molecule has 1 aromatic heterocycles. The zero-order valence-corrected chi connectivity index (χ0v) is 10.5. The Kier molecular flexibility index (Phi) is 4.45.